The molecule has 30 heavy (non-hydrogen) atoms. The van der Waals surface area contributed by atoms with E-state index in [2.05, 4.69) is 39.4 Å². The van der Waals surface area contributed by atoms with Gasteiger partial charge in [0.05, 0.1) is 11.8 Å². The second kappa shape index (κ2) is 17.8. The largest absolute Gasteiger partial charge is 1.00 e. The molecule has 0 radical (unpaired) electrons. The third kappa shape index (κ3) is 15.0. The van der Waals surface area contributed by atoms with Gasteiger partial charge in [-0.15, -0.1) is 6.54 Å². The van der Waals surface area contributed by atoms with Crippen LogP contribution in [-0.2, 0) is 4.74 Å². The monoisotopic (exact) mass is 444 g/mol. The second-order valence-electron chi connectivity index (χ2n) is 7.09. The Labute approximate surface area is 224 Å². The van der Waals surface area contributed by atoms with Gasteiger partial charge in [-0.25, -0.2) is 9.78 Å². The Morgan fingerprint density at radius 3 is 2.63 bits per heavy atom. The molecule has 3 N–H and O–H groups in total. The summed E-state index contributed by atoms with van der Waals surface area (Å²) >= 11 is 0. The van der Waals surface area contributed by atoms with Crippen LogP contribution < -0.4 is 62.4 Å². The van der Waals surface area contributed by atoms with Crippen molar-refractivity contribution in [3.8, 4) is 11.8 Å². The zero-order chi connectivity index (χ0) is 22.3. The average molecular weight is 445 g/mol. The van der Waals surface area contributed by atoms with Gasteiger partial charge in [0.15, 0.2) is 0 Å². The fraction of sp³-hybridized carbons (Fsp3) is 0.667. The Kier molecular flexibility index (Phi) is 18.5. The zero-order valence-electron chi connectivity index (χ0n) is 20.0. The summed E-state index contributed by atoms with van der Waals surface area (Å²) in [4.78, 5) is 21.4. The second-order valence-corrected chi connectivity index (χ2v) is 7.09. The van der Waals surface area contributed by atoms with Gasteiger partial charge in [-0.3, -0.25) is 0 Å². The smallest absolute Gasteiger partial charge is 0.645 e. The van der Waals surface area contributed by atoms with Crippen molar-refractivity contribution in [2.24, 2.45) is 0 Å². The summed E-state index contributed by atoms with van der Waals surface area (Å²) in [5.41, 5.74) is 5.86. The number of hydrogen-bond donors (Lipinski definition) is 2. The van der Waals surface area contributed by atoms with Gasteiger partial charge in [0.2, 0.25) is 5.95 Å². The molecule has 1 aromatic rings. The molecule has 0 unspecified atom stereocenters. The van der Waals surface area contributed by atoms with E-state index < -0.39 is 5.60 Å². The van der Waals surface area contributed by atoms with Crippen molar-refractivity contribution in [2.45, 2.75) is 66.4 Å². The minimum atomic E-state index is -0.502. The average Bonchev–Trinajstić information content (AvgIpc) is 2.66. The number of ether oxygens (including phenoxy) is 1. The van der Waals surface area contributed by atoms with Crippen LogP contribution in [0.2, 0.25) is 0 Å². The number of hydrogen-bond acceptors (Lipinski definition) is 6. The molecule has 0 saturated heterocycles. The molecule has 0 aliphatic carbocycles. The number of aromatic nitrogens is 2. The summed E-state index contributed by atoms with van der Waals surface area (Å²) in [6.45, 7) is 13.3. The van der Waals surface area contributed by atoms with E-state index in [4.69, 9.17) is 10.5 Å². The van der Waals surface area contributed by atoms with Gasteiger partial charge in [0.1, 0.15) is 11.4 Å². The number of nitrogens with one attached hydrogen (secondary N) is 1. The van der Waals surface area contributed by atoms with Gasteiger partial charge < -0.3 is 26.0 Å². The van der Waals surface area contributed by atoms with Gasteiger partial charge in [-0.1, -0.05) is 45.7 Å². The number of nitrogens with two attached hydrogens (primary N) is 1. The van der Waals surface area contributed by atoms with Crippen LogP contribution in [0.1, 0.15) is 66.4 Å². The van der Waals surface area contributed by atoms with E-state index in [-0.39, 0.29) is 63.4 Å². The summed E-state index contributed by atoms with van der Waals surface area (Å²) in [5, 5.41) is 7.54. The van der Waals surface area contributed by atoms with Crippen molar-refractivity contribution in [2.75, 3.05) is 37.9 Å². The topological polar surface area (TPSA) is 107 Å². The van der Waals surface area contributed by atoms with Crippen LogP contribution >= 0.6 is 0 Å². The number of carbonyl (C=O) groups excluding carboxylic acids is 1. The molecular formula is C21H37KN6O2. The Morgan fingerprint density at radius 2 is 2.03 bits per heavy atom. The molecule has 0 aliphatic heterocycles. The minimum Gasteiger partial charge on any atom is -0.645 e. The van der Waals surface area contributed by atoms with Crippen molar-refractivity contribution in [3.05, 3.63) is 17.1 Å². The first kappa shape index (κ1) is 31.3. The van der Waals surface area contributed by atoms with Crippen LogP contribution in [-0.4, -0.2) is 53.4 Å². The first-order valence-corrected chi connectivity index (χ1v) is 10.2. The fourth-order valence-electron chi connectivity index (χ4n) is 1.92. The van der Waals surface area contributed by atoms with E-state index in [9.17, 15) is 4.79 Å². The van der Waals surface area contributed by atoms with E-state index in [0.717, 1.165) is 24.9 Å². The molecule has 1 rings (SSSR count). The molecule has 1 heterocycles. The van der Waals surface area contributed by atoms with Crippen molar-refractivity contribution in [3.63, 3.8) is 0 Å². The number of rotatable bonds is 8. The molecule has 1 aromatic heterocycles. The van der Waals surface area contributed by atoms with Crippen LogP contribution in [0.25, 0.3) is 5.32 Å². The third-order valence-corrected chi connectivity index (χ3v) is 3.21. The maximum Gasteiger partial charge on any atom is 1.00 e. The Balaban J connectivity index is 0. The van der Waals surface area contributed by atoms with Gasteiger partial charge in [-0.2, -0.15) is 4.98 Å². The SMILES string of the molecule is CC.CCCNc1nc(N)ncc1C#CCCC[N-]CN(C)C(=O)OC(C)(C)C.[K+]. The van der Waals surface area contributed by atoms with Crippen molar-refractivity contribution >= 4 is 17.9 Å². The Hall–Kier alpha value is -0.894. The molecule has 0 saturated carbocycles. The molecule has 0 atom stereocenters. The van der Waals surface area contributed by atoms with E-state index >= 15 is 0 Å². The van der Waals surface area contributed by atoms with E-state index in [1.165, 1.54) is 4.90 Å². The van der Waals surface area contributed by atoms with Crippen molar-refractivity contribution in [1.29, 1.82) is 0 Å². The first-order valence-electron chi connectivity index (χ1n) is 10.2. The standard InChI is InChI=1S/C19H31N6O2.C2H6.K/c1-6-11-22-16-15(13-23-17(20)24-16)10-8-7-9-12-21-14-25(5)18(26)27-19(2,3)4;1-2;/h13H,6-7,9,11-12,14H2,1-5H3,(H3,20,22,23,24);1-2H3;/q-1;;+1. The first-order chi connectivity index (χ1) is 13.7. The van der Waals surface area contributed by atoms with Gasteiger partial charge in [0, 0.05) is 20.0 Å². The number of amides is 1. The summed E-state index contributed by atoms with van der Waals surface area (Å²) in [7, 11) is 1.67. The van der Waals surface area contributed by atoms with Gasteiger partial charge in [-0.05, 0) is 27.2 Å². The van der Waals surface area contributed by atoms with Crippen LogP contribution in [0.3, 0.4) is 0 Å². The minimum absolute atomic E-state index is 0. The number of nitrogens with zero attached hydrogens (tertiary/aromatic N) is 4. The quantitative estimate of drug-likeness (QED) is 0.355. The van der Waals surface area contributed by atoms with E-state index in [1.807, 2.05) is 34.6 Å². The maximum absolute atomic E-state index is 11.8. The molecule has 0 fully saturated rings. The van der Waals surface area contributed by atoms with E-state index in [0.29, 0.717) is 25.5 Å². The number of anilines is 2. The molecule has 0 aromatic carbocycles. The number of carbonyl (C=O) groups is 1. The molecule has 0 spiro atoms. The summed E-state index contributed by atoms with van der Waals surface area (Å²) in [6, 6.07) is 0. The van der Waals surface area contributed by atoms with Crippen LogP contribution in [0.5, 0.6) is 0 Å². The normalized spacial score (nSPS) is 9.83. The van der Waals surface area contributed by atoms with Crippen LogP contribution in [0, 0.1) is 11.8 Å². The number of nitrogen functional groups attached to an aromatic ring is 1. The fourth-order valence-corrected chi connectivity index (χ4v) is 1.92. The molecule has 0 aliphatic rings. The maximum atomic E-state index is 11.8. The van der Waals surface area contributed by atoms with E-state index in [1.54, 1.807) is 13.2 Å². The van der Waals surface area contributed by atoms with Gasteiger partial charge >= 0.3 is 57.5 Å². The molecule has 1 amide bonds. The van der Waals surface area contributed by atoms with Crippen LogP contribution in [0.4, 0.5) is 16.6 Å². The van der Waals surface area contributed by atoms with Crippen molar-refractivity contribution < 1.29 is 60.9 Å². The Bertz CT molecular complexity index is 668. The molecular weight excluding hydrogens is 407 g/mol. The summed E-state index contributed by atoms with van der Waals surface area (Å²) in [6.07, 6.45) is 3.74. The molecule has 0 bridgehead atoms. The predicted molar refractivity (Wildman–Crippen MR) is 120 cm³/mol. The summed E-state index contributed by atoms with van der Waals surface area (Å²) in [5.74, 6) is 7.07. The zero-order valence-corrected chi connectivity index (χ0v) is 23.1. The van der Waals surface area contributed by atoms with Crippen LogP contribution in [0.15, 0.2) is 6.20 Å². The molecule has 164 valence electrons. The van der Waals surface area contributed by atoms with Gasteiger partial charge in [0.25, 0.3) is 0 Å². The predicted octanol–water partition coefficient (Wildman–Crippen LogP) is 1.24. The number of unbranched alkanes of at least 4 members (excludes halogenated alkanes) is 1. The Morgan fingerprint density at radius 1 is 1.37 bits per heavy atom. The third-order valence-electron chi connectivity index (χ3n) is 3.21. The molecule has 9 heteroatoms. The van der Waals surface area contributed by atoms with Crippen molar-refractivity contribution in [1.82, 2.24) is 14.9 Å². The summed E-state index contributed by atoms with van der Waals surface area (Å²) < 4.78 is 5.27. The molecule has 8 nitrogen and oxygen atoms in total.